The Balaban J connectivity index is 1.88. The molecule has 8 heteroatoms. The molecule has 0 aliphatic rings. The van der Waals surface area contributed by atoms with E-state index in [1.54, 1.807) is 19.9 Å². The first kappa shape index (κ1) is 19.9. The highest BCUT2D eigenvalue weighted by atomic mass is 35.5. The highest BCUT2D eigenvalue weighted by Gasteiger charge is 2.16. The van der Waals surface area contributed by atoms with Crippen LogP contribution in [0.5, 0.6) is 5.75 Å². The second-order valence-corrected chi connectivity index (χ2v) is 7.11. The second kappa shape index (κ2) is 8.04. The van der Waals surface area contributed by atoms with E-state index in [0.29, 0.717) is 10.4 Å². The summed E-state index contributed by atoms with van der Waals surface area (Å²) in [6.07, 6.45) is 0. The Morgan fingerprint density at radius 2 is 1.79 bits per heavy atom. The molecule has 1 heterocycles. The van der Waals surface area contributed by atoms with Gasteiger partial charge in [0, 0.05) is 17.5 Å². The van der Waals surface area contributed by atoms with Gasteiger partial charge in [0.1, 0.15) is 16.9 Å². The molecule has 0 atom stereocenters. The van der Waals surface area contributed by atoms with Gasteiger partial charge in [0.25, 0.3) is 5.91 Å². The summed E-state index contributed by atoms with van der Waals surface area (Å²) in [6, 6.07) is 10.2. The summed E-state index contributed by atoms with van der Waals surface area (Å²) in [5, 5.41) is 3.71. The lowest BCUT2D eigenvalue weighted by atomic mass is 10.1. The monoisotopic (exact) mass is 419 g/mol. The van der Waals surface area contributed by atoms with Crippen molar-refractivity contribution in [1.29, 1.82) is 0 Å². The Morgan fingerprint density at radius 1 is 1.04 bits per heavy atom. The Hall–Kier alpha value is -2.83. The molecule has 1 N–H and O–H groups in total. The van der Waals surface area contributed by atoms with Crippen molar-refractivity contribution in [3.05, 3.63) is 74.1 Å². The number of amides is 1. The van der Waals surface area contributed by atoms with Gasteiger partial charge >= 0.3 is 11.6 Å². The van der Waals surface area contributed by atoms with Crippen LogP contribution in [-0.2, 0) is 0 Å². The van der Waals surface area contributed by atoms with E-state index in [2.05, 4.69) is 5.32 Å². The van der Waals surface area contributed by atoms with Gasteiger partial charge < -0.3 is 14.5 Å². The predicted octanol–water partition coefficient (Wildman–Crippen LogP) is 4.46. The molecule has 0 unspecified atom stereocenters. The van der Waals surface area contributed by atoms with Crippen LogP contribution in [0, 0.1) is 0 Å². The Labute approximate surface area is 170 Å². The molecule has 0 spiro atoms. The summed E-state index contributed by atoms with van der Waals surface area (Å²) in [5.74, 6) is -0.986. The number of hydrogen-bond donors (Lipinski definition) is 1. The Morgan fingerprint density at radius 3 is 2.46 bits per heavy atom. The number of nitrogens with one attached hydrogen (secondary N) is 1. The van der Waals surface area contributed by atoms with Crippen LogP contribution in [0.4, 0.5) is 0 Å². The third-order valence-electron chi connectivity index (χ3n) is 3.74. The quantitative estimate of drug-likeness (QED) is 0.383. The summed E-state index contributed by atoms with van der Waals surface area (Å²) in [5.41, 5.74) is -0.470. The minimum Gasteiger partial charge on any atom is -0.423 e. The number of rotatable bonds is 4. The predicted molar refractivity (Wildman–Crippen MR) is 107 cm³/mol. The SMILES string of the molecule is CC(C)NC(=O)c1cc2ccc(OC(=O)c3ccc(Cl)c(Cl)c3)cc2oc1=O. The van der Waals surface area contributed by atoms with E-state index in [1.807, 2.05) is 0 Å². The van der Waals surface area contributed by atoms with Gasteiger partial charge in [-0.3, -0.25) is 4.79 Å². The van der Waals surface area contributed by atoms with Crippen molar-refractivity contribution < 1.29 is 18.7 Å². The van der Waals surface area contributed by atoms with Crippen LogP contribution in [0.2, 0.25) is 10.0 Å². The van der Waals surface area contributed by atoms with Crippen LogP contribution in [0.25, 0.3) is 11.0 Å². The van der Waals surface area contributed by atoms with E-state index in [4.69, 9.17) is 32.4 Å². The molecule has 3 rings (SSSR count). The second-order valence-electron chi connectivity index (χ2n) is 6.29. The lowest BCUT2D eigenvalue weighted by molar-refractivity contribution is 0.0734. The molecule has 0 aliphatic heterocycles. The van der Waals surface area contributed by atoms with Gasteiger partial charge in [-0.15, -0.1) is 0 Å². The molecule has 28 heavy (non-hydrogen) atoms. The largest absolute Gasteiger partial charge is 0.423 e. The number of carbonyl (C=O) groups excluding carboxylic acids is 2. The van der Waals surface area contributed by atoms with Gasteiger partial charge in [-0.2, -0.15) is 0 Å². The molecule has 6 nitrogen and oxygen atoms in total. The van der Waals surface area contributed by atoms with Crippen LogP contribution in [0.3, 0.4) is 0 Å². The Kier molecular flexibility index (Phi) is 5.72. The highest BCUT2D eigenvalue weighted by molar-refractivity contribution is 6.42. The van der Waals surface area contributed by atoms with E-state index in [-0.39, 0.29) is 33.5 Å². The van der Waals surface area contributed by atoms with Crippen molar-refractivity contribution in [3.8, 4) is 5.75 Å². The summed E-state index contributed by atoms with van der Waals surface area (Å²) < 4.78 is 10.5. The van der Waals surface area contributed by atoms with Crippen molar-refractivity contribution in [3.63, 3.8) is 0 Å². The zero-order valence-corrected chi connectivity index (χ0v) is 16.4. The standard InChI is InChI=1S/C20H15Cl2NO5/c1-10(2)23-18(24)14-7-11-3-5-13(9-17(11)28-20(14)26)27-19(25)12-4-6-15(21)16(22)8-12/h3-10H,1-2H3,(H,23,24). The van der Waals surface area contributed by atoms with Crippen molar-refractivity contribution >= 4 is 46.0 Å². The number of hydrogen-bond acceptors (Lipinski definition) is 5. The zero-order valence-electron chi connectivity index (χ0n) is 14.9. The van der Waals surface area contributed by atoms with Crippen LogP contribution in [0.15, 0.2) is 51.7 Å². The van der Waals surface area contributed by atoms with Crippen molar-refractivity contribution in [2.45, 2.75) is 19.9 Å². The van der Waals surface area contributed by atoms with Crippen LogP contribution in [0.1, 0.15) is 34.6 Å². The molecule has 2 aromatic carbocycles. The lowest BCUT2D eigenvalue weighted by Gasteiger charge is -2.09. The van der Waals surface area contributed by atoms with Crippen LogP contribution in [-0.4, -0.2) is 17.9 Å². The molecule has 0 saturated heterocycles. The first-order chi connectivity index (χ1) is 13.2. The molecule has 1 aromatic heterocycles. The average Bonchev–Trinajstić information content (AvgIpc) is 2.62. The highest BCUT2D eigenvalue weighted by Crippen LogP contribution is 2.25. The molecule has 1 amide bonds. The molecule has 144 valence electrons. The molecule has 0 radical (unpaired) electrons. The molecule has 3 aromatic rings. The van der Waals surface area contributed by atoms with Gasteiger partial charge in [-0.25, -0.2) is 9.59 Å². The van der Waals surface area contributed by atoms with Crippen molar-refractivity contribution in [1.82, 2.24) is 5.32 Å². The van der Waals surface area contributed by atoms with Crippen molar-refractivity contribution in [2.75, 3.05) is 0 Å². The topological polar surface area (TPSA) is 85.6 Å². The number of carbonyl (C=O) groups is 2. The number of esters is 1. The van der Waals surface area contributed by atoms with Gasteiger partial charge in [-0.1, -0.05) is 23.2 Å². The smallest absolute Gasteiger partial charge is 0.349 e. The molecule has 0 saturated carbocycles. The van der Waals surface area contributed by atoms with Crippen molar-refractivity contribution in [2.24, 2.45) is 0 Å². The first-order valence-corrected chi connectivity index (χ1v) is 9.06. The lowest BCUT2D eigenvalue weighted by Crippen LogP contribution is -2.33. The minimum absolute atomic E-state index is 0.0956. The number of benzene rings is 2. The molecular weight excluding hydrogens is 405 g/mol. The molecular formula is C20H15Cl2NO5. The minimum atomic E-state index is -0.779. The van der Waals surface area contributed by atoms with Gasteiger partial charge in [0.15, 0.2) is 0 Å². The third kappa shape index (κ3) is 4.35. The maximum absolute atomic E-state index is 12.3. The maximum atomic E-state index is 12.3. The number of fused-ring (bicyclic) bond motifs is 1. The fourth-order valence-corrected chi connectivity index (χ4v) is 2.74. The van der Waals surface area contributed by atoms with Crippen LogP contribution < -0.4 is 15.7 Å². The summed E-state index contributed by atoms with van der Waals surface area (Å²) in [4.78, 5) is 36.5. The van der Waals surface area contributed by atoms with Crippen LogP contribution >= 0.6 is 23.2 Å². The van der Waals surface area contributed by atoms with Gasteiger partial charge in [-0.05, 0) is 50.2 Å². The number of halogens is 2. The Bertz CT molecular complexity index is 1140. The van der Waals surface area contributed by atoms with Gasteiger partial charge in [0.2, 0.25) is 0 Å². The number of ether oxygens (including phenoxy) is 1. The van der Waals surface area contributed by atoms with E-state index >= 15 is 0 Å². The average molecular weight is 420 g/mol. The zero-order chi connectivity index (χ0) is 20.4. The van der Waals surface area contributed by atoms with E-state index in [9.17, 15) is 14.4 Å². The summed E-state index contributed by atoms with van der Waals surface area (Å²) in [7, 11) is 0. The summed E-state index contributed by atoms with van der Waals surface area (Å²) >= 11 is 11.7. The molecule has 0 fully saturated rings. The van der Waals surface area contributed by atoms with Gasteiger partial charge in [0.05, 0.1) is 15.6 Å². The third-order valence-corrected chi connectivity index (χ3v) is 4.48. The normalized spacial score (nSPS) is 10.9. The maximum Gasteiger partial charge on any atom is 0.349 e. The molecule has 0 bridgehead atoms. The van der Waals surface area contributed by atoms with E-state index in [0.717, 1.165) is 0 Å². The fraction of sp³-hybridized carbons (Fsp3) is 0.150. The first-order valence-electron chi connectivity index (χ1n) is 8.30. The van der Waals surface area contributed by atoms with E-state index < -0.39 is 17.5 Å². The molecule has 0 aliphatic carbocycles. The summed E-state index contributed by atoms with van der Waals surface area (Å²) in [6.45, 7) is 3.57. The fourth-order valence-electron chi connectivity index (χ4n) is 2.44. The van der Waals surface area contributed by atoms with E-state index in [1.165, 1.54) is 36.4 Å².